The summed E-state index contributed by atoms with van der Waals surface area (Å²) in [5, 5.41) is 7.27. The molecule has 1 fully saturated rings. The molecule has 0 saturated carbocycles. The second kappa shape index (κ2) is 5.93. The number of amides is 2. The number of nitrogens with zero attached hydrogens (tertiary/aromatic N) is 3. The van der Waals surface area contributed by atoms with Crippen molar-refractivity contribution in [3.8, 4) is 0 Å². The first-order valence-corrected chi connectivity index (χ1v) is 6.94. The lowest BCUT2D eigenvalue weighted by atomic mass is 9.92. The van der Waals surface area contributed by atoms with Crippen molar-refractivity contribution in [2.45, 2.75) is 25.8 Å². The molecule has 1 saturated heterocycles. The Morgan fingerprint density at radius 3 is 2.70 bits per heavy atom. The van der Waals surface area contributed by atoms with Gasteiger partial charge in [0.1, 0.15) is 0 Å². The van der Waals surface area contributed by atoms with Gasteiger partial charge in [0, 0.05) is 12.6 Å². The van der Waals surface area contributed by atoms with Gasteiger partial charge in [-0.2, -0.15) is 0 Å². The number of rotatable bonds is 2. The van der Waals surface area contributed by atoms with Crippen LogP contribution in [0.2, 0.25) is 10.3 Å². The Kier molecular flexibility index (Phi) is 4.45. The van der Waals surface area contributed by atoms with Crippen LogP contribution in [0.3, 0.4) is 0 Å². The number of nitrogens with two attached hydrogens (primary N) is 1. The van der Waals surface area contributed by atoms with Crippen LogP contribution < -0.4 is 5.73 Å². The topological polar surface area (TPSA) is 89.2 Å². The van der Waals surface area contributed by atoms with Crippen molar-refractivity contribution in [2.24, 2.45) is 11.7 Å². The monoisotopic (exact) mass is 316 g/mol. The van der Waals surface area contributed by atoms with Crippen molar-refractivity contribution in [3.05, 3.63) is 21.9 Å². The zero-order chi connectivity index (χ0) is 14.9. The molecular formula is C12H14Cl2N4O2. The minimum Gasteiger partial charge on any atom is -0.369 e. The van der Waals surface area contributed by atoms with Crippen molar-refractivity contribution in [3.63, 3.8) is 0 Å². The second-order valence-electron chi connectivity index (χ2n) is 4.85. The average Bonchev–Trinajstić information content (AvgIpc) is 2.41. The van der Waals surface area contributed by atoms with Gasteiger partial charge in [0.2, 0.25) is 5.91 Å². The molecule has 8 heteroatoms. The Bertz CT molecular complexity index is 552. The largest absolute Gasteiger partial charge is 0.369 e. The van der Waals surface area contributed by atoms with E-state index in [1.165, 1.54) is 6.07 Å². The number of halogens is 2. The molecule has 1 aliphatic rings. The van der Waals surface area contributed by atoms with Crippen LogP contribution in [0.25, 0.3) is 0 Å². The van der Waals surface area contributed by atoms with Gasteiger partial charge in [-0.1, -0.05) is 23.2 Å². The summed E-state index contributed by atoms with van der Waals surface area (Å²) < 4.78 is 0. The van der Waals surface area contributed by atoms with E-state index in [1.54, 1.807) is 4.90 Å². The number of carbonyl (C=O) groups is 2. The molecule has 108 valence electrons. The van der Waals surface area contributed by atoms with Crippen LogP contribution >= 0.6 is 23.2 Å². The summed E-state index contributed by atoms with van der Waals surface area (Å²) in [6, 6.07) is 1.38. The smallest absolute Gasteiger partial charge is 0.257 e. The summed E-state index contributed by atoms with van der Waals surface area (Å²) in [5.74, 6) is -1.05. The molecule has 20 heavy (non-hydrogen) atoms. The first-order valence-electron chi connectivity index (χ1n) is 6.19. The molecular weight excluding hydrogens is 303 g/mol. The van der Waals surface area contributed by atoms with E-state index in [-0.39, 0.29) is 40.3 Å². The molecule has 1 aliphatic heterocycles. The normalized spacial score (nSPS) is 22.6. The van der Waals surface area contributed by atoms with Gasteiger partial charge < -0.3 is 10.6 Å². The molecule has 0 aliphatic carbocycles. The lowest BCUT2D eigenvalue weighted by Crippen LogP contribution is -2.48. The highest BCUT2D eigenvalue weighted by molar-refractivity contribution is 6.34. The number of aromatic nitrogens is 2. The highest BCUT2D eigenvalue weighted by Gasteiger charge is 2.33. The summed E-state index contributed by atoms with van der Waals surface area (Å²) >= 11 is 11.6. The van der Waals surface area contributed by atoms with E-state index in [1.807, 2.05) is 6.92 Å². The standard InChI is InChI=1S/C12H14Cl2N4O2/c1-6-2-3-7(11(15)19)5-18(6)12(20)8-4-9(13)16-17-10(8)14/h4,6-7H,2-3,5H2,1H3,(H2,15,19). The van der Waals surface area contributed by atoms with Crippen LogP contribution in [0.5, 0.6) is 0 Å². The zero-order valence-corrected chi connectivity index (χ0v) is 12.4. The molecule has 0 aromatic carbocycles. The summed E-state index contributed by atoms with van der Waals surface area (Å²) in [7, 11) is 0. The summed E-state index contributed by atoms with van der Waals surface area (Å²) in [5.41, 5.74) is 5.51. The minimum absolute atomic E-state index is 0.00103. The molecule has 0 spiro atoms. The molecule has 6 nitrogen and oxygen atoms in total. The number of primary amides is 1. The SMILES string of the molecule is CC1CCC(C(N)=O)CN1C(=O)c1cc(Cl)nnc1Cl. The highest BCUT2D eigenvalue weighted by Crippen LogP contribution is 2.25. The highest BCUT2D eigenvalue weighted by atomic mass is 35.5. The lowest BCUT2D eigenvalue weighted by molar-refractivity contribution is -0.123. The first-order chi connectivity index (χ1) is 9.40. The maximum atomic E-state index is 12.5. The van der Waals surface area contributed by atoms with Crippen molar-refractivity contribution in [1.29, 1.82) is 0 Å². The van der Waals surface area contributed by atoms with Crippen LogP contribution in [0.15, 0.2) is 6.07 Å². The number of hydrogen-bond acceptors (Lipinski definition) is 4. The van der Waals surface area contributed by atoms with E-state index in [0.29, 0.717) is 12.8 Å². The van der Waals surface area contributed by atoms with E-state index in [0.717, 1.165) is 0 Å². The van der Waals surface area contributed by atoms with E-state index in [2.05, 4.69) is 10.2 Å². The fraction of sp³-hybridized carbons (Fsp3) is 0.500. The van der Waals surface area contributed by atoms with Crippen molar-refractivity contribution in [2.75, 3.05) is 6.54 Å². The van der Waals surface area contributed by atoms with Gasteiger partial charge in [-0.3, -0.25) is 9.59 Å². The van der Waals surface area contributed by atoms with Crippen LogP contribution in [0.4, 0.5) is 0 Å². The van der Waals surface area contributed by atoms with Crippen molar-refractivity contribution in [1.82, 2.24) is 15.1 Å². The Balaban J connectivity index is 2.26. The molecule has 0 radical (unpaired) electrons. The minimum atomic E-state index is -0.397. The average molecular weight is 317 g/mol. The number of carbonyl (C=O) groups excluding carboxylic acids is 2. The molecule has 0 bridgehead atoms. The van der Waals surface area contributed by atoms with Crippen molar-refractivity contribution >= 4 is 35.0 Å². The van der Waals surface area contributed by atoms with Gasteiger partial charge in [-0.05, 0) is 25.8 Å². The predicted octanol–water partition coefficient (Wildman–Crippen LogP) is 1.51. The Labute approximate surface area is 126 Å². The third-order valence-electron chi connectivity index (χ3n) is 3.49. The van der Waals surface area contributed by atoms with E-state index in [4.69, 9.17) is 28.9 Å². The fourth-order valence-electron chi connectivity index (χ4n) is 2.28. The van der Waals surface area contributed by atoms with Crippen LogP contribution in [-0.4, -0.2) is 39.5 Å². The number of likely N-dealkylation sites (tertiary alicyclic amines) is 1. The van der Waals surface area contributed by atoms with Gasteiger partial charge in [-0.15, -0.1) is 10.2 Å². The van der Waals surface area contributed by atoms with E-state index < -0.39 is 5.91 Å². The molecule has 1 aromatic rings. The van der Waals surface area contributed by atoms with E-state index in [9.17, 15) is 9.59 Å². The molecule has 2 amide bonds. The molecule has 2 rings (SSSR count). The molecule has 1 aromatic heterocycles. The predicted molar refractivity (Wildman–Crippen MR) is 74.5 cm³/mol. The van der Waals surface area contributed by atoms with Crippen LogP contribution in [-0.2, 0) is 4.79 Å². The third kappa shape index (κ3) is 3.02. The summed E-state index contributed by atoms with van der Waals surface area (Å²) in [4.78, 5) is 25.4. The van der Waals surface area contributed by atoms with Gasteiger partial charge in [0.05, 0.1) is 11.5 Å². The molecule has 2 heterocycles. The van der Waals surface area contributed by atoms with Gasteiger partial charge in [0.15, 0.2) is 10.3 Å². The van der Waals surface area contributed by atoms with Gasteiger partial charge >= 0.3 is 0 Å². The van der Waals surface area contributed by atoms with Gasteiger partial charge in [0.25, 0.3) is 5.91 Å². The molecule has 2 unspecified atom stereocenters. The Hall–Kier alpha value is -1.40. The Morgan fingerprint density at radius 1 is 1.35 bits per heavy atom. The fourth-order valence-corrected chi connectivity index (χ4v) is 2.60. The third-order valence-corrected chi connectivity index (χ3v) is 3.96. The number of piperidine rings is 1. The lowest BCUT2D eigenvalue weighted by Gasteiger charge is -2.37. The summed E-state index contributed by atoms with van der Waals surface area (Å²) in [6.07, 6.45) is 1.40. The second-order valence-corrected chi connectivity index (χ2v) is 5.60. The maximum absolute atomic E-state index is 12.5. The molecule has 2 atom stereocenters. The van der Waals surface area contributed by atoms with Crippen LogP contribution in [0.1, 0.15) is 30.1 Å². The first kappa shape index (κ1) is 15.0. The van der Waals surface area contributed by atoms with Crippen LogP contribution in [0, 0.1) is 5.92 Å². The quantitative estimate of drug-likeness (QED) is 0.895. The van der Waals surface area contributed by atoms with Crippen molar-refractivity contribution < 1.29 is 9.59 Å². The van der Waals surface area contributed by atoms with E-state index >= 15 is 0 Å². The number of hydrogen-bond donors (Lipinski definition) is 1. The zero-order valence-electron chi connectivity index (χ0n) is 10.8. The molecule has 2 N–H and O–H groups in total. The summed E-state index contributed by atoms with van der Waals surface area (Å²) in [6.45, 7) is 2.20. The van der Waals surface area contributed by atoms with Gasteiger partial charge in [-0.25, -0.2) is 0 Å². The Morgan fingerprint density at radius 2 is 2.05 bits per heavy atom. The maximum Gasteiger partial charge on any atom is 0.257 e.